The molecular weight excluding hydrogens is 228 g/mol. The fourth-order valence-electron chi connectivity index (χ4n) is 1.54. The first-order chi connectivity index (χ1) is 8.63. The molecular formula is C13H14N4O. The highest BCUT2D eigenvalue weighted by atomic mass is 16.2. The summed E-state index contributed by atoms with van der Waals surface area (Å²) < 4.78 is 0. The molecule has 0 saturated carbocycles. The number of aryl methyl sites for hydroxylation is 2. The first-order valence-electron chi connectivity index (χ1n) is 5.55. The van der Waals surface area contributed by atoms with Gasteiger partial charge < -0.3 is 10.6 Å². The van der Waals surface area contributed by atoms with Crippen LogP contribution < -0.4 is 10.6 Å². The Morgan fingerprint density at radius 3 is 1.72 bits per heavy atom. The molecule has 0 aliphatic rings. The molecule has 0 aliphatic carbocycles. The Balaban J connectivity index is 2.01. The summed E-state index contributed by atoms with van der Waals surface area (Å²) in [4.78, 5) is 19.7. The molecule has 0 saturated heterocycles. The monoisotopic (exact) mass is 242 g/mol. The van der Waals surface area contributed by atoms with E-state index in [1.54, 1.807) is 24.8 Å². The summed E-state index contributed by atoms with van der Waals surface area (Å²) in [6.45, 7) is 3.83. The minimum atomic E-state index is -0.310. The maximum Gasteiger partial charge on any atom is 0.323 e. The van der Waals surface area contributed by atoms with E-state index in [1.165, 1.54) is 0 Å². The van der Waals surface area contributed by atoms with Crippen LogP contribution in [0.15, 0.2) is 36.9 Å². The quantitative estimate of drug-likeness (QED) is 0.850. The van der Waals surface area contributed by atoms with Crippen LogP contribution in [0.2, 0.25) is 0 Å². The van der Waals surface area contributed by atoms with Crippen LogP contribution in [0.3, 0.4) is 0 Å². The Kier molecular flexibility index (Phi) is 3.52. The average Bonchev–Trinajstić information content (AvgIpc) is 2.28. The first-order valence-corrected chi connectivity index (χ1v) is 5.55. The highest BCUT2D eigenvalue weighted by Gasteiger charge is 2.03. The number of carbonyl (C=O) groups excluding carboxylic acids is 1. The van der Waals surface area contributed by atoms with Crippen molar-refractivity contribution in [2.24, 2.45) is 0 Å². The predicted molar refractivity (Wildman–Crippen MR) is 70.6 cm³/mol. The van der Waals surface area contributed by atoms with Gasteiger partial charge in [0.15, 0.2) is 0 Å². The van der Waals surface area contributed by atoms with Gasteiger partial charge in [-0.05, 0) is 37.1 Å². The zero-order valence-electron chi connectivity index (χ0n) is 10.3. The summed E-state index contributed by atoms with van der Waals surface area (Å²) in [6.07, 6.45) is 6.66. The lowest BCUT2D eigenvalue weighted by Gasteiger charge is -2.07. The highest BCUT2D eigenvalue weighted by molar-refractivity contribution is 5.99. The van der Waals surface area contributed by atoms with Crippen molar-refractivity contribution >= 4 is 17.4 Å². The molecule has 5 nitrogen and oxygen atoms in total. The molecule has 0 spiro atoms. The minimum absolute atomic E-state index is 0.310. The standard InChI is InChI=1S/C13H14N4O/c1-9-3-11(7-14-5-9)16-13(18)17-12-4-10(2)6-15-8-12/h3-8H,1-2H3,(H2,16,17,18). The molecule has 0 aromatic carbocycles. The molecule has 0 atom stereocenters. The summed E-state index contributed by atoms with van der Waals surface area (Å²) in [5.41, 5.74) is 3.30. The fraction of sp³-hybridized carbons (Fsp3) is 0.154. The number of rotatable bonds is 2. The largest absolute Gasteiger partial charge is 0.323 e. The third kappa shape index (κ3) is 3.28. The van der Waals surface area contributed by atoms with Crippen molar-refractivity contribution < 1.29 is 4.79 Å². The van der Waals surface area contributed by atoms with E-state index in [2.05, 4.69) is 20.6 Å². The summed E-state index contributed by atoms with van der Waals surface area (Å²) in [5.74, 6) is 0. The van der Waals surface area contributed by atoms with E-state index in [-0.39, 0.29) is 6.03 Å². The summed E-state index contributed by atoms with van der Waals surface area (Å²) in [5, 5.41) is 5.42. The van der Waals surface area contributed by atoms with Crippen LogP contribution in [0, 0.1) is 13.8 Å². The molecule has 0 aliphatic heterocycles. The van der Waals surface area contributed by atoms with Crippen molar-refractivity contribution in [1.82, 2.24) is 9.97 Å². The number of pyridine rings is 2. The van der Waals surface area contributed by atoms with Crippen molar-refractivity contribution in [3.8, 4) is 0 Å². The Labute approximate surface area is 105 Å². The Bertz CT molecular complexity index is 519. The van der Waals surface area contributed by atoms with Gasteiger partial charge in [-0.25, -0.2) is 4.79 Å². The second-order valence-electron chi connectivity index (χ2n) is 4.08. The number of hydrogen-bond donors (Lipinski definition) is 2. The number of aromatic nitrogens is 2. The van der Waals surface area contributed by atoms with Gasteiger partial charge in [-0.3, -0.25) is 9.97 Å². The van der Waals surface area contributed by atoms with E-state index in [1.807, 2.05) is 26.0 Å². The lowest BCUT2D eigenvalue weighted by molar-refractivity contribution is 0.262. The van der Waals surface area contributed by atoms with E-state index < -0.39 is 0 Å². The van der Waals surface area contributed by atoms with Gasteiger partial charge >= 0.3 is 6.03 Å². The van der Waals surface area contributed by atoms with Crippen molar-refractivity contribution in [2.75, 3.05) is 10.6 Å². The van der Waals surface area contributed by atoms with Gasteiger partial charge in [0, 0.05) is 12.4 Å². The van der Waals surface area contributed by atoms with Crippen LogP contribution in [-0.2, 0) is 0 Å². The maximum atomic E-state index is 11.7. The molecule has 0 radical (unpaired) electrons. The Morgan fingerprint density at radius 1 is 0.889 bits per heavy atom. The number of urea groups is 1. The topological polar surface area (TPSA) is 66.9 Å². The van der Waals surface area contributed by atoms with Crippen LogP contribution in [0.4, 0.5) is 16.2 Å². The molecule has 2 amide bonds. The molecule has 5 heteroatoms. The maximum absolute atomic E-state index is 11.7. The summed E-state index contributed by atoms with van der Waals surface area (Å²) in [6, 6.07) is 3.39. The lowest BCUT2D eigenvalue weighted by Crippen LogP contribution is -2.19. The Hall–Kier alpha value is -2.43. The van der Waals surface area contributed by atoms with Crippen LogP contribution in [0.5, 0.6) is 0 Å². The van der Waals surface area contributed by atoms with E-state index in [9.17, 15) is 4.79 Å². The van der Waals surface area contributed by atoms with Crippen molar-refractivity contribution in [3.63, 3.8) is 0 Å². The Morgan fingerprint density at radius 2 is 1.33 bits per heavy atom. The van der Waals surface area contributed by atoms with Crippen molar-refractivity contribution in [2.45, 2.75) is 13.8 Å². The molecule has 92 valence electrons. The third-order valence-corrected chi connectivity index (χ3v) is 2.27. The van der Waals surface area contributed by atoms with Gasteiger partial charge in [0.05, 0.1) is 23.8 Å². The summed E-state index contributed by atoms with van der Waals surface area (Å²) >= 11 is 0. The van der Waals surface area contributed by atoms with Gasteiger partial charge in [-0.15, -0.1) is 0 Å². The molecule has 2 heterocycles. The number of hydrogen-bond acceptors (Lipinski definition) is 3. The van der Waals surface area contributed by atoms with E-state index >= 15 is 0 Å². The van der Waals surface area contributed by atoms with E-state index in [0.29, 0.717) is 11.4 Å². The molecule has 2 rings (SSSR count). The molecule has 0 fully saturated rings. The predicted octanol–water partition coefficient (Wildman–Crippen LogP) is 2.74. The number of anilines is 2. The lowest BCUT2D eigenvalue weighted by atomic mass is 10.3. The second-order valence-corrected chi connectivity index (χ2v) is 4.08. The van der Waals surface area contributed by atoms with Gasteiger partial charge in [-0.1, -0.05) is 0 Å². The number of amides is 2. The van der Waals surface area contributed by atoms with Crippen LogP contribution in [0.1, 0.15) is 11.1 Å². The van der Waals surface area contributed by atoms with Crippen molar-refractivity contribution in [1.29, 1.82) is 0 Å². The normalized spacial score (nSPS) is 9.89. The van der Waals surface area contributed by atoms with Crippen LogP contribution in [-0.4, -0.2) is 16.0 Å². The number of nitrogens with one attached hydrogen (secondary N) is 2. The highest BCUT2D eigenvalue weighted by Crippen LogP contribution is 2.10. The van der Waals surface area contributed by atoms with Gasteiger partial charge in [-0.2, -0.15) is 0 Å². The first kappa shape index (κ1) is 12.0. The summed E-state index contributed by atoms with van der Waals surface area (Å²) in [7, 11) is 0. The van der Waals surface area contributed by atoms with Crippen LogP contribution >= 0.6 is 0 Å². The molecule has 0 unspecified atom stereocenters. The number of nitrogens with zero attached hydrogens (tertiary/aromatic N) is 2. The van der Waals surface area contributed by atoms with Crippen LogP contribution in [0.25, 0.3) is 0 Å². The fourth-order valence-corrected chi connectivity index (χ4v) is 1.54. The van der Waals surface area contributed by atoms with E-state index in [4.69, 9.17) is 0 Å². The molecule has 18 heavy (non-hydrogen) atoms. The van der Waals surface area contributed by atoms with Gasteiger partial charge in [0.25, 0.3) is 0 Å². The number of carbonyl (C=O) groups is 1. The zero-order chi connectivity index (χ0) is 13.0. The molecule has 2 aromatic heterocycles. The minimum Gasteiger partial charge on any atom is -0.306 e. The van der Waals surface area contributed by atoms with E-state index in [0.717, 1.165) is 11.1 Å². The smallest absolute Gasteiger partial charge is 0.306 e. The van der Waals surface area contributed by atoms with Gasteiger partial charge in [0.2, 0.25) is 0 Å². The SMILES string of the molecule is Cc1cncc(NC(=O)Nc2cncc(C)c2)c1. The second kappa shape index (κ2) is 5.27. The third-order valence-electron chi connectivity index (χ3n) is 2.27. The van der Waals surface area contributed by atoms with Crippen molar-refractivity contribution in [3.05, 3.63) is 48.0 Å². The zero-order valence-corrected chi connectivity index (χ0v) is 10.3. The van der Waals surface area contributed by atoms with Gasteiger partial charge in [0.1, 0.15) is 0 Å². The molecule has 2 aromatic rings. The average molecular weight is 242 g/mol. The molecule has 2 N–H and O–H groups in total. The molecule has 0 bridgehead atoms.